The number of non-ortho nitro benzene ring substituents is 1. The molecule has 0 spiro atoms. The molecule has 0 atom stereocenters. The standard InChI is InChI=1S/C21H24N2O5/c1-27-18-9-8-16(13-19(18)28-2)21(10-3-4-11-21)14-22-20(24)15-6-5-7-17(12-15)23(25)26/h5-9,12-13H,3-4,10-11,14H2,1-2H3,(H,22,24). The number of carbonyl (C=O) groups excluding carboxylic acids is 1. The van der Waals surface area contributed by atoms with Gasteiger partial charge in [-0.05, 0) is 36.6 Å². The van der Waals surface area contributed by atoms with E-state index in [-0.39, 0.29) is 22.6 Å². The molecule has 1 amide bonds. The largest absolute Gasteiger partial charge is 0.493 e. The fraction of sp³-hybridized carbons (Fsp3) is 0.381. The van der Waals surface area contributed by atoms with Crippen LogP contribution >= 0.6 is 0 Å². The molecule has 1 fully saturated rings. The van der Waals surface area contributed by atoms with Crippen LogP contribution in [0.15, 0.2) is 42.5 Å². The number of nitrogens with one attached hydrogen (secondary N) is 1. The first kappa shape index (κ1) is 19.7. The Morgan fingerprint density at radius 3 is 2.46 bits per heavy atom. The second-order valence-electron chi connectivity index (χ2n) is 7.05. The van der Waals surface area contributed by atoms with Gasteiger partial charge in [0.2, 0.25) is 0 Å². The van der Waals surface area contributed by atoms with Crippen LogP contribution in [-0.4, -0.2) is 31.6 Å². The summed E-state index contributed by atoms with van der Waals surface area (Å²) in [7, 11) is 3.20. The van der Waals surface area contributed by atoms with Gasteiger partial charge in [-0.2, -0.15) is 0 Å². The van der Waals surface area contributed by atoms with E-state index in [1.165, 1.54) is 18.2 Å². The number of hydrogen-bond acceptors (Lipinski definition) is 5. The molecule has 148 valence electrons. The Morgan fingerprint density at radius 2 is 1.82 bits per heavy atom. The summed E-state index contributed by atoms with van der Waals surface area (Å²) in [6.07, 6.45) is 4.08. The molecule has 0 unspecified atom stereocenters. The fourth-order valence-electron chi connectivity index (χ4n) is 3.90. The maximum atomic E-state index is 12.6. The van der Waals surface area contributed by atoms with Gasteiger partial charge in [0.05, 0.1) is 19.1 Å². The van der Waals surface area contributed by atoms with Crippen molar-refractivity contribution in [2.24, 2.45) is 0 Å². The third-order valence-corrected chi connectivity index (χ3v) is 5.46. The first-order chi connectivity index (χ1) is 13.5. The summed E-state index contributed by atoms with van der Waals surface area (Å²) >= 11 is 0. The Balaban J connectivity index is 1.81. The van der Waals surface area contributed by atoms with Crippen LogP contribution in [0.3, 0.4) is 0 Å². The smallest absolute Gasteiger partial charge is 0.270 e. The summed E-state index contributed by atoms with van der Waals surface area (Å²) in [5, 5.41) is 13.9. The average molecular weight is 384 g/mol. The third kappa shape index (κ3) is 3.93. The number of carbonyl (C=O) groups is 1. The Hall–Kier alpha value is -3.09. The lowest BCUT2D eigenvalue weighted by Gasteiger charge is -2.30. The molecule has 0 saturated heterocycles. The van der Waals surface area contributed by atoms with Crippen molar-refractivity contribution in [3.05, 3.63) is 63.7 Å². The molecule has 28 heavy (non-hydrogen) atoms. The van der Waals surface area contributed by atoms with Crippen LogP contribution in [0.25, 0.3) is 0 Å². The molecule has 0 aliphatic heterocycles. The van der Waals surface area contributed by atoms with E-state index in [4.69, 9.17) is 9.47 Å². The minimum Gasteiger partial charge on any atom is -0.493 e. The van der Waals surface area contributed by atoms with E-state index >= 15 is 0 Å². The second-order valence-corrected chi connectivity index (χ2v) is 7.05. The number of nitrogens with zero attached hydrogens (tertiary/aromatic N) is 1. The predicted octanol–water partition coefficient (Wildman–Crippen LogP) is 3.85. The molecule has 1 aliphatic rings. The van der Waals surface area contributed by atoms with Gasteiger partial charge in [-0.25, -0.2) is 0 Å². The molecule has 0 aromatic heterocycles. The zero-order valence-electron chi connectivity index (χ0n) is 16.1. The van der Waals surface area contributed by atoms with Crippen LogP contribution in [0.4, 0.5) is 5.69 Å². The monoisotopic (exact) mass is 384 g/mol. The summed E-state index contributed by atoms with van der Waals surface area (Å²) in [6, 6.07) is 11.7. The molecule has 1 N–H and O–H groups in total. The van der Waals surface area contributed by atoms with E-state index in [2.05, 4.69) is 5.32 Å². The van der Waals surface area contributed by atoms with Crippen molar-refractivity contribution >= 4 is 11.6 Å². The van der Waals surface area contributed by atoms with Crippen molar-refractivity contribution in [1.82, 2.24) is 5.32 Å². The number of methoxy groups -OCH3 is 2. The Kier molecular flexibility index (Phi) is 5.82. The van der Waals surface area contributed by atoms with Crippen LogP contribution in [0.2, 0.25) is 0 Å². The number of amides is 1. The van der Waals surface area contributed by atoms with Crippen LogP contribution in [0.5, 0.6) is 11.5 Å². The molecule has 0 radical (unpaired) electrons. The first-order valence-corrected chi connectivity index (χ1v) is 9.24. The topological polar surface area (TPSA) is 90.7 Å². The minimum atomic E-state index is -0.501. The SMILES string of the molecule is COc1ccc(C2(CNC(=O)c3cccc([N+](=O)[O-])c3)CCCC2)cc1OC. The highest BCUT2D eigenvalue weighted by Crippen LogP contribution is 2.43. The highest BCUT2D eigenvalue weighted by Gasteiger charge is 2.36. The number of hydrogen-bond donors (Lipinski definition) is 1. The maximum Gasteiger partial charge on any atom is 0.270 e. The Morgan fingerprint density at radius 1 is 1.11 bits per heavy atom. The quantitative estimate of drug-likeness (QED) is 0.578. The molecule has 1 saturated carbocycles. The molecule has 1 aliphatic carbocycles. The van der Waals surface area contributed by atoms with Crippen LogP contribution in [-0.2, 0) is 5.41 Å². The number of nitro benzene ring substituents is 1. The Labute approximate surface area is 163 Å². The zero-order chi connectivity index (χ0) is 20.1. The van der Waals surface area contributed by atoms with Gasteiger partial charge < -0.3 is 14.8 Å². The van der Waals surface area contributed by atoms with E-state index in [0.717, 1.165) is 31.2 Å². The molecule has 7 heteroatoms. The van der Waals surface area contributed by atoms with Crippen LogP contribution in [0, 0.1) is 10.1 Å². The van der Waals surface area contributed by atoms with Gasteiger partial charge in [-0.1, -0.05) is 25.0 Å². The molecule has 0 heterocycles. The molecule has 2 aromatic carbocycles. The number of ether oxygens (including phenoxy) is 2. The van der Waals surface area contributed by atoms with E-state index < -0.39 is 4.92 Å². The normalized spacial score (nSPS) is 15.1. The van der Waals surface area contributed by atoms with Crippen molar-refractivity contribution in [3.8, 4) is 11.5 Å². The molecule has 7 nitrogen and oxygen atoms in total. The molecular weight excluding hydrogens is 360 g/mol. The Bertz CT molecular complexity index is 875. The fourth-order valence-corrected chi connectivity index (χ4v) is 3.90. The van der Waals surface area contributed by atoms with E-state index in [0.29, 0.717) is 18.0 Å². The lowest BCUT2D eigenvalue weighted by atomic mass is 9.78. The summed E-state index contributed by atoms with van der Waals surface area (Å²) in [5.41, 5.74) is 1.11. The maximum absolute atomic E-state index is 12.6. The van der Waals surface area contributed by atoms with Crippen molar-refractivity contribution in [3.63, 3.8) is 0 Å². The van der Waals surface area contributed by atoms with Gasteiger partial charge in [-0.15, -0.1) is 0 Å². The van der Waals surface area contributed by atoms with Crippen molar-refractivity contribution in [1.29, 1.82) is 0 Å². The lowest BCUT2D eigenvalue weighted by Crippen LogP contribution is -2.39. The number of nitro groups is 1. The van der Waals surface area contributed by atoms with Gasteiger partial charge in [0.1, 0.15) is 0 Å². The van der Waals surface area contributed by atoms with E-state index in [1.54, 1.807) is 20.3 Å². The highest BCUT2D eigenvalue weighted by molar-refractivity contribution is 5.94. The van der Waals surface area contributed by atoms with E-state index in [9.17, 15) is 14.9 Å². The third-order valence-electron chi connectivity index (χ3n) is 5.46. The zero-order valence-corrected chi connectivity index (χ0v) is 16.1. The number of benzene rings is 2. The van der Waals surface area contributed by atoms with Crippen molar-refractivity contribution in [2.45, 2.75) is 31.1 Å². The van der Waals surface area contributed by atoms with Crippen LogP contribution in [0.1, 0.15) is 41.6 Å². The summed E-state index contributed by atoms with van der Waals surface area (Å²) in [4.78, 5) is 23.0. The molecule has 2 aromatic rings. The van der Waals surface area contributed by atoms with Gasteiger partial charge in [0, 0.05) is 29.7 Å². The van der Waals surface area contributed by atoms with Crippen molar-refractivity contribution in [2.75, 3.05) is 20.8 Å². The van der Waals surface area contributed by atoms with Gasteiger partial charge in [0.25, 0.3) is 11.6 Å². The van der Waals surface area contributed by atoms with Crippen LogP contribution < -0.4 is 14.8 Å². The molecule has 3 rings (SSSR count). The lowest BCUT2D eigenvalue weighted by molar-refractivity contribution is -0.384. The van der Waals surface area contributed by atoms with Gasteiger partial charge in [-0.3, -0.25) is 14.9 Å². The first-order valence-electron chi connectivity index (χ1n) is 9.24. The van der Waals surface area contributed by atoms with Gasteiger partial charge in [0.15, 0.2) is 11.5 Å². The summed E-state index contributed by atoms with van der Waals surface area (Å²) in [6.45, 7) is 0.462. The summed E-state index contributed by atoms with van der Waals surface area (Å²) < 4.78 is 10.8. The number of rotatable bonds is 7. The molecular formula is C21H24N2O5. The highest BCUT2D eigenvalue weighted by atomic mass is 16.6. The minimum absolute atomic E-state index is 0.0943. The average Bonchev–Trinajstić information content (AvgIpc) is 3.21. The van der Waals surface area contributed by atoms with E-state index in [1.807, 2.05) is 18.2 Å². The van der Waals surface area contributed by atoms with Gasteiger partial charge >= 0.3 is 0 Å². The summed E-state index contributed by atoms with van der Waals surface area (Å²) in [5.74, 6) is 1.02. The second kappa shape index (κ2) is 8.29. The molecule has 0 bridgehead atoms. The predicted molar refractivity (Wildman–Crippen MR) is 105 cm³/mol. The van der Waals surface area contributed by atoms with Crippen molar-refractivity contribution < 1.29 is 19.2 Å².